The molecule has 4 heteroatoms. The second-order valence-corrected chi connectivity index (χ2v) is 7.01. The molecule has 1 aliphatic rings. The molecule has 104 valence electrons. The summed E-state index contributed by atoms with van der Waals surface area (Å²) in [7, 11) is 1.66. The summed E-state index contributed by atoms with van der Waals surface area (Å²) in [5, 5.41) is 2.17. The fourth-order valence-electron chi connectivity index (χ4n) is 2.59. The van der Waals surface area contributed by atoms with Crippen LogP contribution in [0.4, 0.5) is 4.79 Å². The highest BCUT2D eigenvalue weighted by Crippen LogP contribution is 2.34. The number of fused-ring (bicyclic) bond motifs is 1. The number of benzene rings is 2. The minimum atomic E-state index is -0.675. The summed E-state index contributed by atoms with van der Waals surface area (Å²) in [5.74, 6) is 3.13. The quantitative estimate of drug-likeness (QED) is 0.480. The molecule has 0 N–H and O–H groups in total. The fourth-order valence-corrected chi connectivity index (χ4v) is 5.09. The van der Waals surface area contributed by atoms with Crippen LogP contribution in [0, 0.1) is 0 Å². The minimum Gasteiger partial charge on any atom is -0.437 e. The molecular weight excluding hydrogens is 272 g/mol. The maximum absolute atomic E-state index is 11.3. The van der Waals surface area contributed by atoms with Crippen molar-refractivity contribution in [1.82, 2.24) is 0 Å². The largest absolute Gasteiger partial charge is 0.513 e. The molecule has 1 fully saturated rings. The average molecular weight is 289 g/mol. The van der Waals surface area contributed by atoms with Crippen molar-refractivity contribution in [2.24, 2.45) is 0 Å². The molecule has 0 spiro atoms. The van der Waals surface area contributed by atoms with Crippen LogP contribution in [0.3, 0.4) is 0 Å². The molecule has 20 heavy (non-hydrogen) atoms. The van der Waals surface area contributed by atoms with Gasteiger partial charge in [-0.2, -0.15) is 0 Å². The predicted molar refractivity (Wildman–Crippen MR) is 81.6 cm³/mol. The highest BCUT2D eigenvalue weighted by Gasteiger charge is 2.29. The predicted octanol–water partition coefficient (Wildman–Crippen LogP) is 3.76. The highest BCUT2D eigenvalue weighted by atomic mass is 32.2. The third-order valence-electron chi connectivity index (χ3n) is 3.55. The van der Waals surface area contributed by atoms with E-state index >= 15 is 0 Å². The molecule has 3 rings (SSSR count). The molecule has 0 atom stereocenters. The van der Waals surface area contributed by atoms with Gasteiger partial charge in [-0.15, -0.1) is 0 Å². The second-order valence-electron chi connectivity index (χ2n) is 4.77. The average Bonchev–Trinajstić information content (AvgIpc) is 3.01. The van der Waals surface area contributed by atoms with Gasteiger partial charge in [-0.25, -0.2) is 4.79 Å². The zero-order valence-corrected chi connectivity index (χ0v) is 12.2. The van der Waals surface area contributed by atoms with Crippen LogP contribution in [-0.2, 0) is 15.6 Å². The maximum Gasteiger partial charge on any atom is 0.513 e. The number of carbonyl (C=O) groups excluding carboxylic acids is 1. The van der Waals surface area contributed by atoms with Gasteiger partial charge in [-0.1, -0.05) is 18.2 Å². The smallest absolute Gasteiger partial charge is 0.437 e. The summed E-state index contributed by atoms with van der Waals surface area (Å²) in [5.41, 5.74) is 0. The topological polar surface area (TPSA) is 35.5 Å². The molecule has 2 aromatic rings. The standard InChI is InChI=1S/C16H17O3S/c1-18-16(17)19-14-8-9-15(20-10-4-5-11-20)13-7-3-2-6-12(13)14/h2-3,6-9H,4-5,10-11H2,1H3/q+1. The van der Waals surface area contributed by atoms with E-state index in [0.717, 1.165) is 5.39 Å². The van der Waals surface area contributed by atoms with Crippen molar-refractivity contribution in [3.05, 3.63) is 36.4 Å². The number of hydrogen-bond donors (Lipinski definition) is 0. The highest BCUT2D eigenvalue weighted by molar-refractivity contribution is 7.97. The van der Waals surface area contributed by atoms with Gasteiger partial charge in [-0.05, 0) is 31.0 Å². The molecule has 0 aromatic heterocycles. The number of methoxy groups -OCH3 is 1. The number of ether oxygens (including phenoxy) is 2. The zero-order chi connectivity index (χ0) is 13.9. The Morgan fingerprint density at radius 2 is 1.75 bits per heavy atom. The first-order valence-corrected chi connectivity index (χ1v) is 8.31. The van der Waals surface area contributed by atoms with Crippen LogP contribution in [0.5, 0.6) is 5.75 Å². The Labute approximate surface area is 121 Å². The van der Waals surface area contributed by atoms with E-state index in [1.165, 1.54) is 41.7 Å². The van der Waals surface area contributed by atoms with Crippen molar-refractivity contribution in [2.75, 3.05) is 18.6 Å². The van der Waals surface area contributed by atoms with Crippen LogP contribution < -0.4 is 4.74 Å². The Morgan fingerprint density at radius 3 is 2.45 bits per heavy atom. The Hall–Kier alpha value is -1.68. The van der Waals surface area contributed by atoms with Crippen molar-refractivity contribution < 1.29 is 14.3 Å². The molecule has 1 saturated heterocycles. The zero-order valence-electron chi connectivity index (χ0n) is 11.4. The van der Waals surface area contributed by atoms with Crippen molar-refractivity contribution in [3.63, 3.8) is 0 Å². The van der Waals surface area contributed by atoms with Gasteiger partial charge in [0.15, 0.2) is 4.90 Å². The first kappa shape index (κ1) is 13.3. The van der Waals surface area contributed by atoms with Crippen molar-refractivity contribution in [1.29, 1.82) is 0 Å². The van der Waals surface area contributed by atoms with Gasteiger partial charge in [-0.3, -0.25) is 0 Å². The molecule has 0 bridgehead atoms. The molecule has 0 amide bonds. The van der Waals surface area contributed by atoms with E-state index in [2.05, 4.69) is 16.9 Å². The van der Waals surface area contributed by atoms with E-state index in [-0.39, 0.29) is 0 Å². The normalized spacial score (nSPS) is 15.4. The lowest BCUT2D eigenvalue weighted by molar-refractivity contribution is 0.122. The molecule has 0 radical (unpaired) electrons. The lowest BCUT2D eigenvalue weighted by atomic mass is 10.1. The monoisotopic (exact) mass is 289 g/mol. The van der Waals surface area contributed by atoms with Crippen molar-refractivity contribution in [2.45, 2.75) is 17.7 Å². The summed E-state index contributed by atoms with van der Waals surface area (Å²) in [4.78, 5) is 12.7. The summed E-state index contributed by atoms with van der Waals surface area (Å²) >= 11 is 0. The first-order valence-electron chi connectivity index (χ1n) is 6.74. The summed E-state index contributed by atoms with van der Waals surface area (Å²) in [6.07, 6.45) is 1.96. The summed E-state index contributed by atoms with van der Waals surface area (Å²) in [6, 6.07) is 12.1. The van der Waals surface area contributed by atoms with Crippen LogP contribution in [0.2, 0.25) is 0 Å². The van der Waals surface area contributed by atoms with Gasteiger partial charge < -0.3 is 9.47 Å². The third-order valence-corrected chi connectivity index (χ3v) is 6.09. The summed E-state index contributed by atoms with van der Waals surface area (Å²) in [6.45, 7) is 0. The molecule has 2 aromatic carbocycles. The van der Waals surface area contributed by atoms with Gasteiger partial charge in [0.05, 0.1) is 7.11 Å². The van der Waals surface area contributed by atoms with E-state index in [1.807, 2.05) is 24.3 Å². The van der Waals surface area contributed by atoms with Crippen molar-refractivity contribution >= 4 is 27.8 Å². The van der Waals surface area contributed by atoms with Gasteiger partial charge in [0.1, 0.15) is 17.3 Å². The van der Waals surface area contributed by atoms with E-state index in [0.29, 0.717) is 16.6 Å². The van der Waals surface area contributed by atoms with Crippen LogP contribution in [0.15, 0.2) is 41.3 Å². The van der Waals surface area contributed by atoms with E-state index < -0.39 is 6.16 Å². The van der Waals surface area contributed by atoms with Gasteiger partial charge in [0.25, 0.3) is 0 Å². The van der Waals surface area contributed by atoms with Gasteiger partial charge in [0, 0.05) is 21.7 Å². The first-order chi connectivity index (χ1) is 9.79. The fraction of sp³-hybridized carbons (Fsp3) is 0.312. The Morgan fingerprint density at radius 1 is 1.05 bits per heavy atom. The molecule has 0 saturated carbocycles. The number of hydrogen-bond acceptors (Lipinski definition) is 3. The summed E-state index contributed by atoms with van der Waals surface area (Å²) < 4.78 is 9.81. The van der Waals surface area contributed by atoms with Gasteiger partial charge in [0.2, 0.25) is 0 Å². The molecule has 0 aliphatic carbocycles. The van der Waals surface area contributed by atoms with Crippen LogP contribution in [0.25, 0.3) is 10.8 Å². The molecule has 3 nitrogen and oxygen atoms in total. The molecule has 1 heterocycles. The SMILES string of the molecule is COC(=O)Oc1ccc([S+]2CCCC2)c2ccccc12. The molecular formula is C16H17O3S+. The van der Waals surface area contributed by atoms with Crippen LogP contribution >= 0.6 is 0 Å². The Balaban J connectivity index is 2.07. The maximum atomic E-state index is 11.3. The number of rotatable bonds is 2. The Kier molecular flexibility index (Phi) is 3.83. The van der Waals surface area contributed by atoms with E-state index in [4.69, 9.17) is 4.74 Å². The Bertz CT molecular complexity index is 633. The number of carbonyl (C=O) groups is 1. The van der Waals surface area contributed by atoms with Gasteiger partial charge >= 0.3 is 6.16 Å². The van der Waals surface area contributed by atoms with Crippen LogP contribution in [-0.4, -0.2) is 24.8 Å². The molecule has 1 aliphatic heterocycles. The second kappa shape index (κ2) is 5.75. The molecule has 0 unspecified atom stereocenters. The minimum absolute atomic E-state index is 0.340. The van der Waals surface area contributed by atoms with E-state index in [1.54, 1.807) is 0 Å². The third kappa shape index (κ3) is 2.48. The lowest BCUT2D eigenvalue weighted by Gasteiger charge is -2.09. The van der Waals surface area contributed by atoms with E-state index in [9.17, 15) is 4.79 Å². The van der Waals surface area contributed by atoms with Crippen molar-refractivity contribution in [3.8, 4) is 5.75 Å². The van der Waals surface area contributed by atoms with Crippen LogP contribution in [0.1, 0.15) is 12.8 Å². The lowest BCUT2D eigenvalue weighted by Crippen LogP contribution is -2.09.